The molecule has 0 amide bonds. The van der Waals surface area contributed by atoms with Gasteiger partial charge in [0.1, 0.15) is 0 Å². The SMILES string of the molecule is CCN(CC)C(CNC(=NC)NCCCOC)c1ccccc1.I. The van der Waals surface area contributed by atoms with Crippen molar-refractivity contribution in [1.82, 2.24) is 15.5 Å². The van der Waals surface area contributed by atoms with E-state index in [1.807, 2.05) is 0 Å². The Bertz CT molecular complexity index is 438. The lowest BCUT2D eigenvalue weighted by atomic mass is 10.1. The third kappa shape index (κ3) is 8.30. The molecule has 1 atom stereocenters. The third-order valence-electron chi connectivity index (χ3n) is 3.94. The number of nitrogens with zero attached hydrogens (tertiary/aromatic N) is 2. The highest BCUT2D eigenvalue weighted by atomic mass is 127. The van der Waals surface area contributed by atoms with Crippen molar-refractivity contribution < 1.29 is 4.74 Å². The maximum absolute atomic E-state index is 5.07. The van der Waals surface area contributed by atoms with E-state index in [1.54, 1.807) is 14.2 Å². The summed E-state index contributed by atoms with van der Waals surface area (Å²) < 4.78 is 5.07. The average Bonchev–Trinajstić information content (AvgIpc) is 2.61. The standard InChI is InChI=1S/C18H32N4O.HI/c1-5-22(6-2)17(16-11-8-7-9-12-16)15-21-18(19-3)20-13-10-14-23-4;/h7-9,11-12,17H,5-6,10,13-15H2,1-4H3,(H2,19,20,21);1H. The smallest absolute Gasteiger partial charge is 0.191 e. The Morgan fingerprint density at radius 1 is 1.17 bits per heavy atom. The highest BCUT2D eigenvalue weighted by Gasteiger charge is 2.17. The molecule has 24 heavy (non-hydrogen) atoms. The zero-order valence-corrected chi connectivity index (χ0v) is 17.7. The van der Waals surface area contributed by atoms with E-state index in [-0.39, 0.29) is 24.0 Å². The maximum atomic E-state index is 5.07. The van der Waals surface area contributed by atoms with Gasteiger partial charge in [0.05, 0.1) is 6.04 Å². The first-order valence-electron chi connectivity index (χ1n) is 8.49. The molecule has 0 radical (unpaired) electrons. The van der Waals surface area contributed by atoms with Gasteiger partial charge in [-0.1, -0.05) is 44.2 Å². The van der Waals surface area contributed by atoms with Gasteiger partial charge >= 0.3 is 0 Å². The van der Waals surface area contributed by atoms with Crippen molar-refractivity contribution in [1.29, 1.82) is 0 Å². The second-order valence-corrected chi connectivity index (χ2v) is 5.37. The van der Waals surface area contributed by atoms with E-state index in [1.165, 1.54) is 5.56 Å². The molecule has 138 valence electrons. The van der Waals surface area contributed by atoms with Gasteiger partial charge in [-0.25, -0.2) is 0 Å². The first-order chi connectivity index (χ1) is 11.3. The number of benzene rings is 1. The van der Waals surface area contributed by atoms with E-state index >= 15 is 0 Å². The van der Waals surface area contributed by atoms with E-state index in [2.05, 4.69) is 64.7 Å². The second-order valence-electron chi connectivity index (χ2n) is 5.37. The van der Waals surface area contributed by atoms with Gasteiger partial charge in [-0.05, 0) is 25.1 Å². The van der Waals surface area contributed by atoms with Gasteiger partial charge in [0.2, 0.25) is 0 Å². The van der Waals surface area contributed by atoms with Crippen LogP contribution in [0.4, 0.5) is 0 Å². The summed E-state index contributed by atoms with van der Waals surface area (Å²) in [5, 5.41) is 6.78. The van der Waals surface area contributed by atoms with Crippen LogP contribution >= 0.6 is 24.0 Å². The monoisotopic (exact) mass is 448 g/mol. The van der Waals surface area contributed by atoms with Crippen molar-refractivity contribution in [2.24, 2.45) is 4.99 Å². The number of rotatable bonds is 10. The number of hydrogen-bond donors (Lipinski definition) is 2. The molecule has 6 heteroatoms. The highest BCUT2D eigenvalue weighted by molar-refractivity contribution is 14.0. The summed E-state index contributed by atoms with van der Waals surface area (Å²) in [4.78, 5) is 6.76. The lowest BCUT2D eigenvalue weighted by molar-refractivity contribution is 0.195. The average molecular weight is 448 g/mol. The number of likely N-dealkylation sites (N-methyl/N-ethyl adjacent to an activating group) is 1. The van der Waals surface area contributed by atoms with E-state index < -0.39 is 0 Å². The molecule has 0 bridgehead atoms. The number of hydrogen-bond acceptors (Lipinski definition) is 3. The van der Waals surface area contributed by atoms with Crippen molar-refractivity contribution in [2.75, 3.05) is 46.9 Å². The van der Waals surface area contributed by atoms with Gasteiger partial charge in [-0.3, -0.25) is 9.89 Å². The second kappa shape index (κ2) is 14.5. The highest BCUT2D eigenvalue weighted by Crippen LogP contribution is 2.19. The molecule has 2 N–H and O–H groups in total. The van der Waals surface area contributed by atoms with Crippen molar-refractivity contribution in [3.63, 3.8) is 0 Å². The molecule has 1 aromatic carbocycles. The Morgan fingerprint density at radius 3 is 2.38 bits per heavy atom. The van der Waals surface area contributed by atoms with Crippen molar-refractivity contribution in [3.8, 4) is 0 Å². The predicted molar refractivity (Wildman–Crippen MR) is 113 cm³/mol. The summed E-state index contributed by atoms with van der Waals surface area (Å²) >= 11 is 0. The van der Waals surface area contributed by atoms with Crippen molar-refractivity contribution in [2.45, 2.75) is 26.3 Å². The Labute approximate surface area is 164 Å². The van der Waals surface area contributed by atoms with Gasteiger partial charge in [-0.2, -0.15) is 0 Å². The number of methoxy groups -OCH3 is 1. The quantitative estimate of drug-likeness (QED) is 0.250. The van der Waals surface area contributed by atoms with E-state index in [4.69, 9.17) is 4.74 Å². The minimum absolute atomic E-state index is 0. The first kappa shape index (κ1) is 23.1. The van der Waals surface area contributed by atoms with Crippen LogP contribution in [0.15, 0.2) is 35.3 Å². The van der Waals surface area contributed by atoms with Crippen LogP contribution in [-0.2, 0) is 4.74 Å². The number of guanidine groups is 1. The van der Waals surface area contributed by atoms with Gasteiger partial charge in [0, 0.05) is 33.9 Å². The topological polar surface area (TPSA) is 48.9 Å². The molecule has 0 spiro atoms. The van der Waals surface area contributed by atoms with Crippen LogP contribution in [0, 0.1) is 0 Å². The predicted octanol–water partition coefficient (Wildman–Crippen LogP) is 2.89. The summed E-state index contributed by atoms with van der Waals surface area (Å²) in [6.45, 7) is 8.91. The van der Waals surface area contributed by atoms with Gasteiger partial charge in [-0.15, -0.1) is 24.0 Å². The fraction of sp³-hybridized carbons (Fsp3) is 0.611. The van der Waals surface area contributed by atoms with Crippen LogP contribution in [0.1, 0.15) is 31.9 Å². The summed E-state index contributed by atoms with van der Waals surface area (Å²) in [7, 11) is 3.53. The van der Waals surface area contributed by atoms with Crippen molar-refractivity contribution in [3.05, 3.63) is 35.9 Å². The van der Waals surface area contributed by atoms with Crippen LogP contribution in [0.3, 0.4) is 0 Å². The number of nitrogens with one attached hydrogen (secondary N) is 2. The molecule has 1 rings (SSSR count). The van der Waals surface area contributed by atoms with Crippen LogP contribution < -0.4 is 10.6 Å². The minimum Gasteiger partial charge on any atom is -0.385 e. The maximum Gasteiger partial charge on any atom is 0.191 e. The lowest BCUT2D eigenvalue weighted by Gasteiger charge is -2.30. The zero-order chi connectivity index (χ0) is 16.9. The van der Waals surface area contributed by atoms with Crippen LogP contribution in [0.5, 0.6) is 0 Å². The Balaban J connectivity index is 0.00000529. The number of ether oxygens (including phenoxy) is 1. The normalized spacial score (nSPS) is 12.6. The molecule has 0 aromatic heterocycles. The molecule has 5 nitrogen and oxygen atoms in total. The zero-order valence-electron chi connectivity index (χ0n) is 15.4. The fourth-order valence-electron chi connectivity index (χ4n) is 2.63. The fourth-order valence-corrected chi connectivity index (χ4v) is 2.63. The Hall–Kier alpha value is -0.860. The molecular formula is C18H33IN4O. The van der Waals surface area contributed by atoms with E-state index in [9.17, 15) is 0 Å². The molecule has 0 saturated heterocycles. The third-order valence-corrected chi connectivity index (χ3v) is 3.94. The molecule has 1 unspecified atom stereocenters. The largest absolute Gasteiger partial charge is 0.385 e. The molecule has 1 aromatic rings. The van der Waals surface area contributed by atoms with E-state index in [0.717, 1.165) is 45.2 Å². The molecule has 0 fully saturated rings. The molecule has 0 aliphatic heterocycles. The summed E-state index contributed by atoms with van der Waals surface area (Å²) in [5.74, 6) is 0.842. The van der Waals surface area contributed by atoms with Gasteiger partial charge < -0.3 is 15.4 Å². The minimum atomic E-state index is 0. The number of aliphatic imine (C=N–C) groups is 1. The molecule has 0 aliphatic carbocycles. The lowest BCUT2D eigenvalue weighted by Crippen LogP contribution is -2.43. The first-order valence-corrected chi connectivity index (χ1v) is 8.49. The van der Waals surface area contributed by atoms with Crippen molar-refractivity contribution >= 4 is 29.9 Å². The van der Waals surface area contributed by atoms with Gasteiger partial charge in [0.15, 0.2) is 5.96 Å². The summed E-state index contributed by atoms with van der Waals surface area (Å²) in [6.07, 6.45) is 0.968. The van der Waals surface area contributed by atoms with E-state index in [0.29, 0.717) is 6.04 Å². The number of halogens is 1. The van der Waals surface area contributed by atoms with Crippen LogP contribution in [0.25, 0.3) is 0 Å². The van der Waals surface area contributed by atoms with Gasteiger partial charge in [0.25, 0.3) is 0 Å². The Morgan fingerprint density at radius 2 is 1.83 bits per heavy atom. The molecule has 0 saturated carbocycles. The molecular weight excluding hydrogens is 415 g/mol. The summed E-state index contributed by atoms with van der Waals surface area (Å²) in [5.41, 5.74) is 1.33. The molecule has 0 aliphatic rings. The Kier molecular flexibility index (Phi) is 14.0. The molecule has 0 heterocycles. The summed E-state index contributed by atoms with van der Waals surface area (Å²) in [6, 6.07) is 11.0. The van der Waals surface area contributed by atoms with Crippen LogP contribution in [-0.4, -0.2) is 57.8 Å². The van der Waals surface area contributed by atoms with Crippen LogP contribution in [0.2, 0.25) is 0 Å².